The Bertz CT molecular complexity index is 3190. The zero-order valence-electron chi connectivity index (χ0n) is 39.4. The number of hydrogen-bond donors (Lipinski definition) is 1. The number of nitrogens with zero attached hydrogens (tertiary/aromatic N) is 3. The molecular formula is C62H58N3OPt-. The molecule has 1 N–H and O–H groups in total. The van der Waals surface area contributed by atoms with Crippen LogP contribution in [-0.2, 0) is 31.9 Å². The number of aromatic hydroxyl groups is 1. The fourth-order valence-electron chi connectivity index (χ4n) is 9.76. The van der Waals surface area contributed by atoms with Gasteiger partial charge in [0, 0.05) is 38.5 Å². The first-order valence-electron chi connectivity index (χ1n) is 23.6. The van der Waals surface area contributed by atoms with Crippen molar-refractivity contribution in [2.24, 2.45) is 0 Å². The van der Waals surface area contributed by atoms with Crippen molar-refractivity contribution >= 4 is 11.0 Å². The van der Waals surface area contributed by atoms with E-state index in [1.165, 1.54) is 48.8 Å². The van der Waals surface area contributed by atoms with Crippen molar-refractivity contribution in [1.29, 1.82) is 0 Å². The van der Waals surface area contributed by atoms with Gasteiger partial charge in [-0.15, -0.1) is 23.8 Å². The van der Waals surface area contributed by atoms with Crippen molar-refractivity contribution in [2.75, 3.05) is 0 Å². The molecule has 1 aliphatic carbocycles. The van der Waals surface area contributed by atoms with E-state index < -0.39 is 0 Å². The van der Waals surface area contributed by atoms with Gasteiger partial charge in [-0.25, -0.2) is 4.98 Å². The van der Waals surface area contributed by atoms with Crippen LogP contribution >= 0.6 is 0 Å². The van der Waals surface area contributed by atoms with Gasteiger partial charge in [-0.2, -0.15) is 0 Å². The zero-order valence-corrected chi connectivity index (χ0v) is 41.7. The van der Waals surface area contributed by atoms with Crippen molar-refractivity contribution in [2.45, 2.75) is 90.4 Å². The quantitative estimate of drug-likeness (QED) is 0.154. The molecule has 5 heteroatoms. The van der Waals surface area contributed by atoms with Crippen LogP contribution in [0, 0.1) is 6.07 Å². The van der Waals surface area contributed by atoms with E-state index in [1.807, 2.05) is 18.3 Å². The molecule has 10 rings (SSSR count). The minimum atomic E-state index is -0.152. The Morgan fingerprint density at radius 2 is 1.16 bits per heavy atom. The van der Waals surface area contributed by atoms with Crippen LogP contribution in [0.5, 0.6) is 5.75 Å². The van der Waals surface area contributed by atoms with Gasteiger partial charge in [0.1, 0.15) is 11.6 Å². The number of rotatable bonds is 8. The number of pyridine rings is 1. The van der Waals surface area contributed by atoms with Crippen molar-refractivity contribution in [3.05, 3.63) is 193 Å². The Morgan fingerprint density at radius 3 is 1.85 bits per heavy atom. The number of aromatic nitrogens is 3. The van der Waals surface area contributed by atoms with E-state index >= 15 is 0 Å². The van der Waals surface area contributed by atoms with Crippen LogP contribution in [-0.4, -0.2) is 19.6 Å². The maximum absolute atomic E-state index is 11.8. The first-order chi connectivity index (χ1) is 31.9. The number of benzene rings is 7. The molecule has 2 aromatic heterocycles. The molecule has 338 valence electrons. The molecule has 0 amide bonds. The Balaban J connectivity index is 0.00000562. The molecule has 4 nitrogen and oxygen atoms in total. The molecule has 0 atom stereocenters. The summed E-state index contributed by atoms with van der Waals surface area (Å²) in [6.45, 7) is 13.4. The molecule has 1 aliphatic rings. The molecule has 0 saturated heterocycles. The van der Waals surface area contributed by atoms with Gasteiger partial charge in [-0.3, -0.25) is 9.55 Å². The van der Waals surface area contributed by atoms with E-state index in [-0.39, 0.29) is 37.6 Å². The van der Waals surface area contributed by atoms with Crippen molar-refractivity contribution in [3.63, 3.8) is 0 Å². The normalized spacial score (nSPS) is 13.4. The largest absolute Gasteiger partial charge is 0.507 e. The molecule has 7 aromatic carbocycles. The first-order valence-corrected chi connectivity index (χ1v) is 23.6. The van der Waals surface area contributed by atoms with Gasteiger partial charge in [0.2, 0.25) is 0 Å². The van der Waals surface area contributed by atoms with Crippen LogP contribution in [0.2, 0.25) is 0 Å². The van der Waals surface area contributed by atoms with E-state index in [9.17, 15) is 5.11 Å². The van der Waals surface area contributed by atoms with Crippen LogP contribution in [0.1, 0.15) is 96.3 Å². The third-order valence-electron chi connectivity index (χ3n) is 13.6. The standard InChI is InChI=1S/C62H58N3O.Pt/c1-61(2,3)50-29-31-56(53(39-50)45-21-14-9-15-22-45)65-57-24-16-23-52(59(57)64-60(65)54-40-51(62(4,5)6)30-32-58(54)66)48-35-47(42-19-12-8-13-20-42)36-49(37-48)55-38-46(33-34-63-55)44-27-25-43(26-28-44)41-17-10-7-11-18-41;/h8-9,12-16,19-36,38-41,66H,7,10-11,17-18H2,1-6H3;/q-1;. The Labute approximate surface area is 411 Å². The third kappa shape index (κ3) is 9.34. The summed E-state index contributed by atoms with van der Waals surface area (Å²) in [5.74, 6) is 1.52. The average Bonchev–Trinajstić information content (AvgIpc) is 3.73. The molecule has 0 radical (unpaired) electrons. The molecule has 2 heterocycles. The van der Waals surface area contributed by atoms with Gasteiger partial charge in [-0.1, -0.05) is 193 Å². The molecule has 0 spiro atoms. The monoisotopic (exact) mass is 1060 g/mol. The average molecular weight is 1060 g/mol. The first kappa shape index (κ1) is 45.8. The Morgan fingerprint density at radius 1 is 0.537 bits per heavy atom. The van der Waals surface area contributed by atoms with Crippen molar-refractivity contribution in [1.82, 2.24) is 14.5 Å². The van der Waals surface area contributed by atoms with E-state index in [2.05, 4.69) is 204 Å². The summed E-state index contributed by atoms with van der Waals surface area (Å²) < 4.78 is 2.25. The SMILES string of the molecule is CC(C)(C)c1ccc(O)c(-c2nc3c(-c4[c-]c(-c5cc(-c6ccc(C7CCCCC7)cc6)ccn5)cc(-c5ccccc5)c4)cccc3n2-c2ccc(C(C)(C)C)cc2-c2ccccc2)c1.[Pt]. The maximum Gasteiger partial charge on any atom is 0.148 e. The minimum absolute atomic E-state index is 0. The minimum Gasteiger partial charge on any atom is -0.507 e. The van der Waals surface area contributed by atoms with E-state index in [0.717, 1.165) is 72.5 Å². The van der Waals surface area contributed by atoms with Gasteiger partial charge in [0.15, 0.2) is 0 Å². The number of phenolic OH excluding ortho intramolecular Hbond substituents is 1. The van der Waals surface area contributed by atoms with Crippen molar-refractivity contribution in [3.8, 4) is 78.6 Å². The summed E-state index contributed by atoms with van der Waals surface area (Å²) in [6.07, 6.45) is 8.51. The molecule has 9 aromatic rings. The third-order valence-corrected chi connectivity index (χ3v) is 13.6. The number of phenols is 1. The number of para-hydroxylation sites is 1. The smallest absolute Gasteiger partial charge is 0.148 e. The summed E-state index contributed by atoms with van der Waals surface area (Å²) in [4.78, 5) is 10.6. The van der Waals surface area contributed by atoms with Crippen LogP contribution in [0.15, 0.2) is 170 Å². The summed E-state index contributed by atoms with van der Waals surface area (Å²) in [7, 11) is 0. The van der Waals surface area contributed by atoms with Gasteiger partial charge >= 0.3 is 0 Å². The van der Waals surface area contributed by atoms with Gasteiger partial charge in [-0.05, 0) is 105 Å². The van der Waals surface area contributed by atoms with Crippen LogP contribution < -0.4 is 0 Å². The summed E-state index contributed by atoms with van der Waals surface area (Å²) >= 11 is 0. The van der Waals surface area contributed by atoms with Gasteiger partial charge in [0.05, 0.1) is 22.3 Å². The Kier molecular flexibility index (Phi) is 12.8. The number of imidazole rings is 1. The fraction of sp³-hybridized carbons (Fsp3) is 0.226. The second-order valence-corrected chi connectivity index (χ2v) is 20.2. The fourth-order valence-corrected chi connectivity index (χ4v) is 9.76. The maximum atomic E-state index is 11.8. The van der Waals surface area contributed by atoms with E-state index in [4.69, 9.17) is 9.97 Å². The van der Waals surface area contributed by atoms with Crippen LogP contribution in [0.25, 0.3) is 83.9 Å². The van der Waals surface area contributed by atoms with E-state index in [0.29, 0.717) is 17.3 Å². The predicted molar refractivity (Wildman–Crippen MR) is 275 cm³/mol. The summed E-state index contributed by atoms with van der Waals surface area (Å²) in [5.41, 5.74) is 17.3. The zero-order chi connectivity index (χ0) is 45.6. The molecule has 67 heavy (non-hydrogen) atoms. The van der Waals surface area contributed by atoms with Gasteiger partial charge in [0.25, 0.3) is 0 Å². The topological polar surface area (TPSA) is 50.9 Å². The molecule has 0 aliphatic heterocycles. The second kappa shape index (κ2) is 18.7. The van der Waals surface area contributed by atoms with E-state index in [1.54, 1.807) is 0 Å². The van der Waals surface area contributed by atoms with Crippen LogP contribution in [0.4, 0.5) is 0 Å². The molecular weight excluding hydrogens is 998 g/mol. The molecule has 1 fully saturated rings. The summed E-state index contributed by atoms with van der Waals surface area (Å²) in [5, 5.41) is 11.8. The predicted octanol–water partition coefficient (Wildman–Crippen LogP) is 16.6. The summed E-state index contributed by atoms with van der Waals surface area (Å²) in [6, 6.07) is 62.1. The Hall–Kier alpha value is -6.35. The van der Waals surface area contributed by atoms with Gasteiger partial charge < -0.3 is 5.11 Å². The number of fused-ring (bicyclic) bond motifs is 1. The number of hydrogen-bond acceptors (Lipinski definition) is 3. The van der Waals surface area contributed by atoms with Crippen LogP contribution in [0.3, 0.4) is 0 Å². The van der Waals surface area contributed by atoms with Crippen molar-refractivity contribution < 1.29 is 26.2 Å². The molecule has 0 unspecified atom stereocenters. The molecule has 0 bridgehead atoms. The second-order valence-electron chi connectivity index (χ2n) is 20.2. The molecule has 1 saturated carbocycles.